The number of nitrogens with zero attached hydrogens (tertiary/aromatic N) is 1. The third-order valence-corrected chi connectivity index (χ3v) is 10.5. The van der Waals surface area contributed by atoms with Crippen LogP contribution in [0.3, 0.4) is 0 Å². The highest BCUT2D eigenvalue weighted by atomic mass is 16.4. The van der Waals surface area contributed by atoms with E-state index in [2.05, 4.69) is 13.8 Å². The quantitative estimate of drug-likeness (QED) is 0.0755. The molecule has 0 spiro atoms. The maximum Gasteiger partial charge on any atom is 0.330 e. The Balaban J connectivity index is 2.30. The van der Waals surface area contributed by atoms with Crippen molar-refractivity contribution < 1.29 is 19.8 Å². The molecular formula is C39H75NO4. The van der Waals surface area contributed by atoms with Crippen LogP contribution >= 0.6 is 0 Å². The summed E-state index contributed by atoms with van der Waals surface area (Å²) in [5.74, 6) is -1.52. The molecule has 0 aromatic heterocycles. The summed E-state index contributed by atoms with van der Waals surface area (Å²) in [4.78, 5) is 26.9. The standard InChI is InChI=1S/C39H75NO4/c1-4-6-8-10-12-14-16-18-20-22-24-26-28-30-32-36-37(42)34-40(35(3)41)39(36,38(43)44)33-31-29-27-25-23-21-19-17-15-13-11-9-7-5-2/h36-37,42H,4-34H2,1-3H3,(H,43,44)/t36?,37-,39-/m0/s1. The number of aliphatic hydroxyl groups excluding tert-OH is 1. The second kappa shape index (κ2) is 27.1. The second-order valence-electron chi connectivity index (χ2n) is 14.3. The van der Waals surface area contributed by atoms with Crippen molar-refractivity contribution in [2.75, 3.05) is 6.54 Å². The number of rotatable bonds is 31. The number of hydrogen-bond donors (Lipinski definition) is 2. The summed E-state index contributed by atoms with van der Waals surface area (Å²) in [5, 5.41) is 21.4. The zero-order chi connectivity index (χ0) is 32.3. The Labute approximate surface area is 273 Å². The van der Waals surface area contributed by atoms with E-state index in [-0.39, 0.29) is 18.4 Å². The average Bonchev–Trinajstić information content (AvgIpc) is 3.29. The SMILES string of the molecule is CCCCCCCCCCCCCCCCC1[C@@H](O)CN(C(C)=O)[C@]1(CCCCCCCCCCCCCCCC)C(=O)O. The summed E-state index contributed by atoms with van der Waals surface area (Å²) in [6.45, 7) is 6.15. The lowest BCUT2D eigenvalue weighted by atomic mass is 9.76. The highest BCUT2D eigenvalue weighted by Gasteiger charge is 2.58. The van der Waals surface area contributed by atoms with E-state index in [0.717, 1.165) is 32.1 Å². The minimum atomic E-state index is -1.25. The van der Waals surface area contributed by atoms with Gasteiger partial charge in [-0.3, -0.25) is 4.79 Å². The third-order valence-electron chi connectivity index (χ3n) is 10.5. The molecule has 0 radical (unpaired) electrons. The summed E-state index contributed by atoms with van der Waals surface area (Å²) in [7, 11) is 0. The van der Waals surface area contributed by atoms with E-state index in [0.29, 0.717) is 12.8 Å². The predicted octanol–water partition coefficient (Wildman–Crippen LogP) is 11.4. The van der Waals surface area contributed by atoms with Gasteiger partial charge in [-0.15, -0.1) is 0 Å². The van der Waals surface area contributed by atoms with Crippen LogP contribution in [0.15, 0.2) is 0 Å². The van der Waals surface area contributed by atoms with Gasteiger partial charge in [-0.05, 0) is 12.8 Å². The maximum absolute atomic E-state index is 12.8. The number of carboxylic acids is 1. The minimum Gasteiger partial charge on any atom is -0.479 e. The normalized spacial score (nSPS) is 20.0. The van der Waals surface area contributed by atoms with Gasteiger partial charge in [0.05, 0.1) is 6.10 Å². The molecule has 5 heteroatoms. The van der Waals surface area contributed by atoms with Gasteiger partial charge in [0.25, 0.3) is 0 Å². The Morgan fingerprint density at radius 1 is 0.568 bits per heavy atom. The molecule has 1 fully saturated rings. The lowest BCUT2D eigenvalue weighted by molar-refractivity contribution is -0.159. The Morgan fingerprint density at radius 3 is 1.20 bits per heavy atom. The van der Waals surface area contributed by atoms with Gasteiger partial charge >= 0.3 is 5.97 Å². The van der Waals surface area contributed by atoms with Crippen LogP contribution in [0.25, 0.3) is 0 Å². The first kappa shape index (κ1) is 40.9. The van der Waals surface area contributed by atoms with Gasteiger partial charge in [0.1, 0.15) is 5.54 Å². The molecule has 1 heterocycles. The van der Waals surface area contributed by atoms with Crippen molar-refractivity contribution >= 4 is 11.9 Å². The van der Waals surface area contributed by atoms with Crippen molar-refractivity contribution in [2.24, 2.45) is 5.92 Å². The summed E-state index contributed by atoms with van der Waals surface area (Å²) in [6.07, 6.45) is 36.1. The van der Waals surface area contributed by atoms with Crippen molar-refractivity contribution in [3.8, 4) is 0 Å². The van der Waals surface area contributed by atoms with Crippen molar-refractivity contribution in [3.05, 3.63) is 0 Å². The molecule has 1 unspecified atom stereocenters. The molecule has 1 aliphatic heterocycles. The number of carboxylic acid groups (broad SMARTS) is 1. The molecule has 2 N–H and O–H groups in total. The molecule has 1 amide bonds. The lowest BCUT2D eigenvalue weighted by Gasteiger charge is -2.38. The van der Waals surface area contributed by atoms with E-state index >= 15 is 0 Å². The highest BCUT2D eigenvalue weighted by Crippen LogP contribution is 2.43. The van der Waals surface area contributed by atoms with Gasteiger partial charge in [0, 0.05) is 19.4 Å². The van der Waals surface area contributed by atoms with Crippen LogP contribution in [-0.4, -0.2) is 45.2 Å². The number of amides is 1. The molecule has 0 saturated carbocycles. The number of β-amino-alcohol motifs (C(OH)–C–C–N with tert-alkyl or cyclic N) is 1. The zero-order valence-electron chi connectivity index (χ0n) is 29.7. The summed E-state index contributed by atoms with van der Waals surface area (Å²) < 4.78 is 0. The molecule has 5 nitrogen and oxygen atoms in total. The van der Waals surface area contributed by atoms with E-state index in [1.54, 1.807) is 0 Å². The van der Waals surface area contributed by atoms with Crippen LogP contribution < -0.4 is 0 Å². The Kier molecular flexibility index (Phi) is 25.2. The van der Waals surface area contributed by atoms with E-state index in [9.17, 15) is 19.8 Å². The summed E-state index contributed by atoms with van der Waals surface area (Å²) in [6, 6.07) is 0. The topological polar surface area (TPSA) is 77.8 Å². The first-order valence-electron chi connectivity index (χ1n) is 19.6. The van der Waals surface area contributed by atoms with Crippen molar-refractivity contribution in [2.45, 2.75) is 225 Å². The number of aliphatic carboxylic acids is 1. The van der Waals surface area contributed by atoms with Crippen LogP contribution in [-0.2, 0) is 9.59 Å². The molecular weight excluding hydrogens is 546 g/mol. The molecule has 0 aromatic carbocycles. The number of likely N-dealkylation sites (tertiary alicyclic amines) is 1. The Hall–Kier alpha value is -1.10. The molecule has 1 rings (SSSR count). The van der Waals surface area contributed by atoms with Gasteiger partial charge in [-0.25, -0.2) is 4.79 Å². The van der Waals surface area contributed by atoms with Gasteiger partial charge in [0.15, 0.2) is 0 Å². The van der Waals surface area contributed by atoms with Crippen LogP contribution in [0.1, 0.15) is 213 Å². The fraction of sp³-hybridized carbons (Fsp3) is 0.949. The summed E-state index contributed by atoms with van der Waals surface area (Å²) in [5.41, 5.74) is -1.25. The monoisotopic (exact) mass is 622 g/mol. The fourth-order valence-electron chi connectivity index (χ4n) is 7.69. The van der Waals surface area contributed by atoms with E-state index in [1.165, 1.54) is 160 Å². The van der Waals surface area contributed by atoms with Crippen molar-refractivity contribution in [1.29, 1.82) is 0 Å². The predicted molar refractivity (Wildman–Crippen MR) is 187 cm³/mol. The number of hydrogen-bond acceptors (Lipinski definition) is 3. The molecule has 260 valence electrons. The van der Waals surface area contributed by atoms with Crippen molar-refractivity contribution in [1.82, 2.24) is 4.90 Å². The van der Waals surface area contributed by atoms with Crippen LogP contribution in [0.2, 0.25) is 0 Å². The van der Waals surface area contributed by atoms with E-state index in [4.69, 9.17) is 0 Å². The molecule has 0 bridgehead atoms. The average molecular weight is 622 g/mol. The van der Waals surface area contributed by atoms with Gasteiger partial charge < -0.3 is 15.1 Å². The molecule has 0 aliphatic carbocycles. The van der Waals surface area contributed by atoms with E-state index in [1.807, 2.05) is 0 Å². The van der Waals surface area contributed by atoms with Crippen LogP contribution in [0, 0.1) is 5.92 Å². The lowest BCUT2D eigenvalue weighted by Crippen LogP contribution is -2.56. The molecule has 0 aromatic rings. The second-order valence-corrected chi connectivity index (χ2v) is 14.3. The Bertz CT molecular complexity index is 698. The van der Waals surface area contributed by atoms with Gasteiger partial charge in [-0.2, -0.15) is 0 Å². The Morgan fingerprint density at radius 2 is 0.886 bits per heavy atom. The van der Waals surface area contributed by atoms with Gasteiger partial charge in [-0.1, -0.05) is 194 Å². The number of carbonyl (C=O) groups excluding carboxylic acids is 1. The molecule has 44 heavy (non-hydrogen) atoms. The van der Waals surface area contributed by atoms with Crippen molar-refractivity contribution in [3.63, 3.8) is 0 Å². The molecule has 1 saturated heterocycles. The smallest absolute Gasteiger partial charge is 0.330 e. The first-order chi connectivity index (χ1) is 21.4. The van der Waals surface area contributed by atoms with Gasteiger partial charge in [0.2, 0.25) is 5.91 Å². The summed E-state index contributed by atoms with van der Waals surface area (Å²) >= 11 is 0. The largest absolute Gasteiger partial charge is 0.479 e. The minimum absolute atomic E-state index is 0.156. The number of unbranched alkanes of at least 4 members (excludes halogenated alkanes) is 26. The zero-order valence-corrected chi connectivity index (χ0v) is 29.7. The molecule has 3 atom stereocenters. The third kappa shape index (κ3) is 17.0. The highest BCUT2D eigenvalue weighted by molar-refractivity contribution is 5.87. The van der Waals surface area contributed by atoms with E-state index < -0.39 is 17.6 Å². The first-order valence-corrected chi connectivity index (χ1v) is 19.6. The fourth-order valence-corrected chi connectivity index (χ4v) is 7.69. The number of carbonyl (C=O) groups is 2. The van der Waals surface area contributed by atoms with Crippen LogP contribution in [0.4, 0.5) is 0 Å². The maximum atomic E-state index is 12.8. The van der Waals surface area contributed by atoms with Crippen LogP contribution in [0.5, 0.6) is 0 Å². The molecule has 1 aliphatic rings. The number of aliphatic hydroxyl groups is 1.